The maximum Gasteiger partial charge on any atom is 0.277 e. The van der Waals surface area contributed by atoms with E-state index < -0.39 is 0 Å². The third kappa shape index (κ3) is 4.13. The number of hydrogen-bond acceptors (Lipinski definition) is 4. The lowest BCUT2D eigenvalue weighted by Gasteiger charge is -2.26. The van der Waals surface area contributed by atoms with Crippen molar-refractivity contribution in [2.45, 2.75) is 13.3 Å². The van der Waals surface area contributed by atoms with Crippen LogP contribution in [-0.4, -0.2) is 4.92 Å². The van der Waals surface area contributed by atoms with E-state index in [2.05, 4.69) is 36.1 Å². The van der Waals surface area contributed by atoms with Crippen LogP contribution in [-0.2, 0) is 6.42 Å². The van der Waals surface area contributed by atoms with Gasteiger partial charge in [-0.1, -0.05) is 67.6 Å². The van der Waals surface area contributed by atoms with Gasteiger partial charge in [0.25, 0.3) is 5.69 Å². The Bertz CT molecular complexity index is 1700. The van der Waals surface area contributed by atoms with Gasteiger partial charge in [-0.25, -0.2) is 0 Å². The lowest BCUT2D eigenvalue weighted by Crippen LogP contribution is -2.10. The summed E-state index contributed by atoms with van der Waals surface area (Å²) in [4.78, 5) is 14.1. The maximum atomic E-state index is 12.2. The number of nitro benzene ring substituents is 1. The van der Waals surface area contributed by atoms with Crippen molar-refractivity contribution in [3.05, 3.63) is 131 Å². The summed E-state index contributed by atoms with van der Waals surface area (Å²) in [7, 11) is 0. The molecule has 5 aromatic carbocycles. The van der Waals surface area contributed by atoms with Crippen molar-refractivity contribution in [2.24, 2.45) is 0 Å². The van der Waals surface area contributed by atoms with Crippen LogP contribution in [0.25, 0.3) is 31.3 Å². The van der Waals surface area contributed by atoms with E-state index in [0.717, 1.165) is 39.1 Å². The summed E-state index contributed by atoms with van der Waals surface area (Å²) in [6, 6.07) is 38.3. The number of hydrogen-bond donors (Lipinski definition) is 0. The summed E-state index contributed by atoms with van der Waals surface area (Å²) in [5, 5.41) is 14.5. The van der Waals surface area contributed by atoms with E-state index in [1.54, 1.807) is 17.4 Å². The predicted octanol–water partition coefficient (Wildman–Crippen LogP) is 9.66. The van der Waals surface area contributed by atoms with Gasteiger partial charge in [0.05, 0.1) is 10.5 Å². The van der Waals surface area contributed by atoms with Crippen molar-refractivity contribution in [3.8, 4) is 11.1 Å². The predicted molar refractivity (Wildman–Crippen MR) is 155 cm³/mol. The summed E-state index contributed by atoms with van der Waals surface area (Å²) in [6.45, 7) is 2.15. The Morgan fingerprint density at radius 1 is 0.703 bits per heavy atom. The van der Waals surface area contributed by atoms with Gasteiger partial charge < -0.3 is 4.90 Å². The molecule has 1 heterocycles. The standard InChI is InChI=1S/C32H24N2O2S/c1-2-22-16-19-31-29(20-22)27-15-9-14-26(32(27)37-31)28-21-25(17-18-30(28)34(35)36)33(23-10-5-3-6-11-23)24-12-7-4-8-13-24/h3-21H,2H2,1H3. The fourth-order valence-electron chi connectivity index (χ4n) is 4.92. The van der Waals surface area contributed by atoms with Crippen LogP contribution < -0.4 is 4.90 Å². The molecule has 0 fully saturated rings. The highest BCUT2D eigenvalue weighted by molar-refractivity contribution is 7.26. The molecule has 5 heteroatoms. The van der Waals surface area contributed by atoms with E-state index in [-0.39, 0.29) is 10.6 Å². The number of para-hydroxylation sites is 2. The number of benzene rings is 5. The monoisotopic (exact) mass is 500 g/mol. The first-order chi connectivity index (χ1) is 18.1. The smallest absolute Gasteiger partial charge is 0.277 e. The van der Waals surface area contributed by atoms with Crippen LogP contribution in [0.2, 0.25) is 0 Å². The number of thiophene rings is 1. The molecule has 180 valence electrons. The minimum Gasteiger partial charge on any atom is -0.310 e. The Labute approximate surface area is 219 Å². The quantitative estimate of drug-likeness (QED) is 0.169. The molecule has 0 saturated carbocycles. The molecule has 0 unspecified atom stereocenters. The fourth-order valence-corrected chi connectivity index (χ4v) is 6.13. The van der Waals surface area contributed by atoms with Gasteiger partial charge >= 0.3 is 0 Å². The molecule has 4 nitrogen and oxygen atoms in total. The van der Waals surface area contributed by atoms with Crippen LogP contribution in [0.1, 0.15) is 12.5 Å². The Balaban J connectivity index is 1.60. The lowest BCUT2D eigenvalue weighted by molar-refractivity contribution is -0.384. The molecule has 6 rings (SSSR count). The Hall–Kier alpha value is -4.48. The second-order valence-corrected chi connectivity index (χ2v) is 9.99. The van der Waals surface area contributed by atoms with Gasteiger partial charge in [0.15, 0.2) is 0 Å². The van der Waals surface area contributed by atoms with Crippen LogP contribution in [0.15, 0.2) is 115 Å². The molecular formula is C32H24N2O2S. The van der Waals surface area contributed by atoms with Crippen LogP contribution in [0.3, 0.4) is 0 Å². The van der Waals surface area contributed by atoms with E-state index in [1.807, 2.05) is 84.9 Å². The first-order valence-electron chi connectivity index (χ1n) is 12.3. The molecule has 0 aliphatic carbocycles. The van der Waals surface area contributed by atoms with E-state index >= 15 is 0 Å². The van der Waals surface area contributed by atoms with Gasteiger partial charge in [0.1, 0.15) is 0 Å². The first-order valence-corrected chi connectivity index (χ1v) is 13.1. The van der Waals surface area contributed by atoms with Gasteiger partial charge in [-0.05, 0) is 60.5 Å². The summed E-state index contributed by atoms with van der Waals surface area (Å²) >= 11 is 1.69. The topological polar surface area (TPSA) is 46.4 Å². The van der Waals surface area contributed by atoms with Crippen LogP contribution >= 0.6 is 11.3 Å². The summed E-state index contributed by atoms with van der Waals surface area (Å²) < 4.78 is 2.26. The molecule has 0 aliphatic heterocycles. The van der Waals surface area contributed by atoms with E-state index in [4.69, 9.17) is 0 Å². The molecule has 0 spiro atoms. The SMILES string of the molecule is CCc1ccc2sc3c(-c4cc(N(c5ccccc5)c5ccccc5)ccc4[N+](=O)[O-])cccc3c2c1. The van der Waals surface area contributed by atoms with E-state index in [1.165, 1.54) is 15.6 Å². The first kappa shape index (κ1) is 23.0. The fraction of sp³-hybridized carbons (Fsp3) is 0.0625. The Kier molecular flexibility index (Phi) is 5.91. The Morgan fingerprint density at radius 2 is 1.41 bits per heavy atom. The lowest BCUT2D eigenvalue weighted by atomic mass is 9.99. The summed E-state index contributed by atoms with van der Waals surface area (Å²) in [5.74, 6) is 0. The molecule has 0 bridgehead atoms. The second kappa shape index (κ2) is 9.52. The van der Waals surface area contributed by atoms with Gasteiger partial charge in [0, 0.05) is 48.9 Å². The van der Waals surface area contributed by atoms with Crippen LogP contribution in [0, 0.1) is 10.1 Å². The molecule has 37 heavy (non-hydrogen) atoms. The molecule has 0 aliphatic rings. The normalized spacial score (nSPS) is 11.2. The molecule has 1 aromatic heterocycles. The average Bonchev–Trinajstić information content (AvgIpc) is 3.32. The van der Waals surface area contributed by atoms with Crippen molar-refractivity contribution < 1.29 is 4.92 Å². The number of aryl methyl sites for hydroxylation is 1. The van der Waals surface area contributed by atoms with Crippen molar-refractivity contribution in [3.63, 3.8) is 0 Å². The molecule has 6 aromatic rings. The van der Waals surface area contributed by atoms with Gasteiger partial charge in [0.2, 0.25) is 0 Å². The average molecular weight is 501 g/mol. The number of nitro groups is 1. The molecule has 0 saturated heterocycles. The van der Waals surface area contributed by atoms with Crippen LogP contribution in [0.4, 0.5) is 22.7 Å². The number of rotatable bonds is 6. The van der Waals surface area contributed by atoms with Crippen molar-refractivity contribution in [1.82, 2.24) is 0 Å². The number of fused-ring (bicyclic) bond motifs is 3. The third-order valence-corrected chi connectivity index (χ3v) is 7.94. The third-order valence-electron chi connectivity index (χ3n) is 6.72. The minimum atomic E-state index is -0.282. The van der Waals surface area contributed by atoms with Crippen molar-refractivity contribution >= 4 is 54.3 Å². The van der Waals surface area contributed by atoms with E-state index in [9.17, 15) is 10.1 Å². The zero-order chi connectivity index (χ0) is 25.4. The van der Waals surface area contributed by atoms with Gasteiger partial charge in [-0.2, -0.15) is 0 Å². The molecule has 0 N–H and O–H groups in total. The Morgan fingerprint density at radius 3 is 2.05 bits per heavy atom. The van der Waals surface area contributed by atoms with Crippen molar-refractivity contribution in [2.75, 3.05) is 4.90 Å². The number of nitrogens with zero attached hydrogens (tertiary/aromatic N) is 2. The zero-order valence-corrected chi connectivity index (χ0v) is 21.1. The second-order valence-electron chi connectivity index (χ2n) is 8.93. The van der Waals surface area contributed by atoms with Crippen molar-refractivity contribution in [1.29, 1.82) is 0 Å². The van der Waals surface area contributed by atoms with Gasteiger partial charge in [-0.3, -0.25) is 10.1 Å². The maximum absolute atomic E-state index is 12.2. The number of anilines is 3. The zero-order valence-electron chi connectivity index (χ0n) is 20.3. The summed E-state index contributed by atoms with van der Waals surface area (Å²) in [5.41, 5.74) is 5.72. The highest BCUT2D eigenvalue weighted by Gasteiger charge is 2.22. The van der Waals surface area contributed by atoms with E-state index in [0.29, 0.717) is 5.56 Å². The molecule has 0 radical (unpaired) electrons. The molecule has 0 amide bonds. The summed E-state index contributed by atoms with van der Waals surface area (Å²) in [6.07, 6.45) is 0.968. The van der Waals surface area contributed by atoms with Gasteiger partial charge in [-0.15, -0.1) is 11.3 Å². The highest BCUT2D eigenvalue weighted by Crippen LogP contribution is 2.45. The minimum absolute atomic E-state index is 0.101. The molecule has 0 atom stereocenters. The molecular weight excluding hydrogens is 476 g/mol. The van der Waals surface area contributed by atoms with Crippen LogP contribution in [0.5, 0.6) is 0 Å². The largest absolute Gasteiger partial charge is 0.310 e. The highest BCUT2D eigenvalue weighted by atomic mass is 32.1.